The van der Waals surface area contributed by atoms with E-state index in [2.05, 4.69) is 4.18 Å². The van der Waals surface area contributed by atoms with Crippen LogP contribution in [0.2, 0.25) is 0 Å². The Bertz CT molecular complexity index is 552. The highest BCUT2D eigenvalue weighted by Crippen LogP contribution is 2.32. The van der Waals surface area contributed by atoms with Crippen LogP contribution in [-0.2, 0) is 23.0 Å². The Kier molecular flexibility index (Phi) is 3.07. The first-order valence-electron chi connectivity index (χ1n) is 5.27. The average Bonchev–Trinajstić information content (AvgIpc) is 2.24. The monoisotopic (exact) mass is 262 g/mol. The predicted molar refractivity (Wildman–Crippen MR) is 58.5 cm³/mol. The van der Waals surface area contributed by atoms with Crippen LogP contribution in [0.5, 0.6) is 5.75 Å². The fourth-order valence-electron chi connectivity index (χ4n) is 2.05. The van der Waals surface area contributed by atoms with Crippen molar-refractivity contribution in [3.8, 4) is 5.75 Å². The van der Waals surface area contributed by atoms with E-state index < -0.39 is 27.5 Å². The highest BCUT2D eigenvalue weighted by molar-refractivity contribution is 7.86. The van der Waals surface area contributed by atoms with E-state index in [4.69, 9.17) is 0 Å². The van der Waals surface area contributed by atoms with Crippen molar-refractivity contribution in [2.75, 3.05) is 6.26 Å². The van der Waals surface area contributed by atoms with E-state index in [9.17, 15) is 17.2 Å². The Morgan fingerprint density at radius 3 is 2.35 bits per heavy atom. The summed E-state index contributed by atoms with van der Waals surface area (Å²) in [5, 5.41) is 0. The number of rotatable bonds is 2. The number of hydrogen-bond donors (Lipinski definition) is 0. The van der Waals surface area contributed by atoms with Crippen molar-refractivity contribution in [2.45, 2.75) is 25.7 Å². The van der Waals surface area contributed by atoms with E-state index in [-0.39, 0.29) is 5.56 Å². The molecule has 3 nitrogen and oxygen atoms in total. The van der Waals surface area contributed by atoms with Crippen LogP contribution in [0.15, 0.2) is 6.07 Å². The lowest BCUT2D eigenvalue weighted by Crippen LogP contribution is -2.13. The number of benzene rings is 1. The molecule has 1 aliphatic rings. The van der Waals surface area contributed by atoms with Crippen LogP contribution < -0.4 is 4.18 Å². The molecule has 0 amide bonds. The number of hydrogen-bond acceptors (Lipinski definition) is 3. The summed E-state index contributed by atoms with van der Waals surface area (Å²) >= 11 is 0. The van der Waals surface area contributed by atoms with Gasteiger partial charge >= 0.3 is 10.1 Å². The molecule has 2 rings (SSSR count). The summed E-state index contributed by atoms with van der Waals surface area (Å²) in [5.74, 6) is -1.91. The molecule has 0 fully saturated rings. The normalized spacial score (nSPS) is 15.5. The van der Waals surface area contributed by atoms with Gasteiger partial charge in [-0.25, -0.2) is 8.78 Å². The third-order valence-electron chi connectivity index (χ3n) is 2.74. The zero-order valence-corrected chi connectivity index (χ0v) is 10.1. The van der Waals surface area contributed by atoms with Gasteiger partial charge in [0.1, 0.15) is 5.82 Å². The van der Waals surface area contributed by atoms with Gasteiger partial charge in [-0.3, -0.25) is 0 Å². The molecule has 0 atom stereocenters. The van der Waals surface area contributed by atoms with Gasteiger partial charge in [0.05, 0.1) is 6.26 Å². The second-order valence-electron chi connectivity index (χ2n) is 4.12. The molecule has 0 spiro atoms. The van der Waals surface area contributed by atoms with Crippen LogP contribution in [0, 0.1) is 11.6 Å². The molecule has 1 aliphatic carbocycles. The summed E-state index contributed by atoms with van der Waals surface area (Å²) in [6, 6.07) is 0.806. The van der Waals surface area contributed by atoms with Gasteiger partial charge in [-0.2, -0.15) is 8.42 Å². The van der Waals surface area contributed by atoms with Crippen molar-refractivity contribution in [1.29, 1.82) is 0 Å². The van der Waals surface area contributed by atoms with E-state index in [1.54, 1.807) is 0 Å². The Morgan fingerprint density at radius 2 is 1.76 bits per heavy atom. The molecule has 94 valence electrons. The van der Waals surface area contributed by atoms with Crippen molar-refractivity contribution >= 4 is 10.1 Å². The zero-order chi connectivity index (χ0) is 12.6. The molecule has 0 N–H and O–H groups in total. The van der Waals surface area contributed by atoms with Crippen LogP contribution in [0.4, 0.5) is 8.78 Å². The summed E-state index contributed by atoms with van der Waals surface area (Å²) in [4.78, 5) is 0. The molecule has 6 heteroatoms. The van der Waals surface area contributed by atoms with E-state index >= 15 is 0 Å². The lowest BCUT2D eigenvalue weighted by molar-refractivity contribution is 0.451. The molecule has 0 aliphatic heterocycles. The van der Waals surface area contributed by atoms with Crippen LogP contribution in [0.25, 0.3) is 0 Å². The fourth-order valence-corrected chi connectivity index (χ4v) is 2.50. The molecule has 1 aromatic carbocycles. The summed E-state index contributed by atoms with van der Waals surface area (Å²) in [5.41, 5.74) is 0.588. The molecule has 0 unspecified atom stereocenters. The van der Waals surface area contributed by atoms with E-state index in [1.165, 1.54) is 0 Å². The van der Waals surface area contributed by atoms with E-state index in [0.29, 0.717) is 18.4 Å². The van der Waals surface area contributed by atoms with Crippen molar-refractivity contribution in [1.82, 2.24) is 0 Å². The molecule has 0 bridgehead atoms. The zero-order valence-electron chi connectivity index (χ0n) is 9.29. The minimum absolute atomic E-state index is 0.245. The lowest BCUT2D eigenvalue weighted by Gasteiger charge is -2.18. The fraction of sp³-hybridized carbons (Fsp3) is 0.455. The first-order valence-corrected chi connectivity index (χ1v) is 7.09. The first kappa shape index (κ1) is 12.3. The van der Waals surface area contributed by atoms with Gasteiger partial charge in [0, 0.05) is 6.07 Å². The van der Waals surface area contributed by atoms with Crippen molar-refractivity contribution < 1.29 is 21.4 Å². The van der Waals surface area contributed by atoms with Gasteiger partial charge < -0.3 is 4.18 Å². The van der Waals surface area contributed by atoms with Crippen molar-refractivity contribution in [2.24, 2.45) is 0 Å². The highest BCUT2D eigenvalue weighted by atomic mass is 32.2. The second kappa shape index (κ2) is 4.25. The Morgan fingerprint density at radius 1 is 1.18 bits per heavy atom. The Hall–Kier alpha value is -1.17. The maximum absolute atomic E-state index is 13.9. The predicted octanol–water partition coefficient (Wildman–Crippen LogP) is 2.18. The van der Waals surface area contributed by atoms with Crippen molar-refractivity contribution in [3.05, 3.63) is 28.8 Å². The third kappa shape index (κ3) is 2.57. The van der Waals surface area contributed by atoms with Crippen molar-refractivity contribution in [3.63, 3.8) is 0 Å². The highest BCUT2D eigenvalue weighted by Gasteiger charge is 2.23. The number of halogens is 2. The summed E-state index contributed by atoms with van der Waals surface area (Å²) in [6.07, 6.45) is 3.28. The largest absolute Gasteiger partial charge is 0.379 e. The van der Waals surface area contributed by atoms with Gasteiger partial charge in [-0.1, -0.05) is 0 Å². The summed E-state index contributed by atoms with van der Waals surface area (Å²) in [7, 11) is -3.85. The average molecular weight is 262 g/mol. The summed E-state index contributed by atoms with van der Waals surface area (Å²) in [6.45, 7) is 0. The van der Waals surface area contributed by atoms with E-state index in [1.807, 2.05) is 0 Å². The van der Waals surface area contributed by atoms with Crippen LogP contribution >= 0.6 is 0 Å². The van der Waals surface area contributed by atoms with Crippen LogP contribution in [0.1, 0.15) is 24.0 Å². The quantitative estimate of drug-likeness (QED) is 0.767. The van der Waals surface area contributed by atoms with Gasteiger partial charge in [0.25, 0.3) is 0 Å². The Balaban J connectivity index is 2.52. The molecular weight excluding hydrogens is 250 g/mol. The van der Waals surface area contributed by atoms with Gasteiger partial charge in [0.2, 0.25) is 0 Å². The molecule has 0 saturated heterocycles. The third-order valence-corrected chi connectivity index (χ3v) is 3.22. The summed E-state index contributed by atoms with van der Waals surface area (Å²) < 4.78 is 53.8. The molecule has 0 radical (unpaired) electrons. The maximum atomic E-state index is 13.9. The minimum Gasteiger partial charge on any atom is -0.379 e. The first-order chi connectivity index (χ1) is 7.88. The minimum atomic E-state index is -3.85. The topological polar surface area (TPSA) is 43.4 Å². The smallest absolute Gasteiger partial charge is 0.306 e. The van der Waals surface area contributed by atoms with Crippen LogP contribution in [0.3, 0.4) is 0 Å². The Labute approximate surface area is 98.5 Å². The van der Waals surface area contributed by atoms with Gasteiger partial charge in [-0.15, -0.1) is 0 Å². The molecule has 0 heterocycles. The molecule has 0 saturated carbocycles. The molecular formula is C11H12F2O3S. The second-order valence-corrected chi connectivity index (χ2v) is 5.70. The standard InChI is InChI=1S/C11H12F2O3S/c1-17(14,15)16-10-6-9(12)7-4-2-3-5-8(7)11(10)13/h6H,2-5H2,1H3. The van der Waals surface area contributed by atoms with E-state index in [0.717, 1.165) is 25.2 Å². The molecule has 1 aromatic rings. The lowest BCUT2D eigenvalue weighted by atomic mass is 9.90. The SMILES string of the molecule is CS(=O)(=O)Oc1cc(F)c2c(c1F)CCCC2. The van der Waals surface area contributed by atoms with Gasteiger partial charge in [0.15, 0.2) is 11.6 Å². The van der Waals surface area contributed by atoms with Crippen LogP contribution in [-0.4, -0.2) is 14.7 Å². The number of fused-ring (bicyclic) bond motifs is 1. The molecule has 17 heavy (non-hydrogen) atoms. The van der Waals surface area contributed by atoms with Gasteiger partial charge in [-0.05, 0) is 36.8 Å². The maximum Gasteiger partial charge on any atom is 0.306 e. The molecule has 0 aromatic heterocycles.